The molecule has 8 heteroatoms. The quantitative estimate of drug-likeness (QED) is 0.326. The van der Waals surface area contributed by atoms with Crippen LogP contribution in [0.15, 0.2) is 4.99 Å². The molecule has 2 aliphatic carbocycles. The maximum Gasteiger partial charge on any atom is 0.341 e. The van der Waals surface area contributed by atoms with Crippen molar-refractivity contribution in [2.45, 2.75) is 65.2 Å². The lowest BCUT2D eigenvalue weighted by molar-refractivity contribution is 0.0517. The molecule has 2 aliphatic rings. The Balaban J connectivity index is 1.62. The average Bonchev–Trinajstić information content (AvgIpc) is 3.32. The minimum Gasteiger partial charge on any atom is -0.462 e. The Morgan fingerprint density at radius 2 is 1.42 bits per heavy atom. The van der Waals surface area contributed by atoms with E-state index in [1.165, 1.54) is 9.75 Å². The lowest BCUT2D eigenvalue weighted by Gasteiger charge is -2.12. The molecule has 1 N–H and O–H groups in total. The van der Waals surface area contributed by atoms with E-state index in [1.807, 2.05) is 13.8 Å². The van der Waals surface area contributed by atoms with Gasteiger partial charge in [-0.05, 0) is 76.3 Å². The van der Waals surface area contributed by atoms with E-state index in [0.717, 1.165) is 67.5 Å². The molecule has 0 fully saturated rings. The lowest BCUT2D eigenvalue weighted by atomic mass is 9.95. The summed E-state index contributed by atoms with van der Waals surface area (Å²) in [6, 6.07) is 0. The average molecular weight is 461 g/mol. The van der Waals surface area contributed by atoms with E-state index in [9.17, 15) is 9.59 Å². The summed E-state index contributed by atoms with van der Waals surface area (Å²) < 4.78 is 10.6. The van der Waals surface area contributed by atoms with E-state index >= 15 is 0 Å². The van der Waals surface area contributed by atoms with Gasteiger partial charge in [0.1, 0.15) is 10.0 Å². The summed E-state index contributed by atoms with van der Waals surface area (Å²) >= 11 is 3.18. The number of aliphatic imine (C=N–C) groups is 1. The predicted molar refractivity (Wildman–Crippen MR) is 126 cm³/mol. The maximum atomic E-state index is 12.6. The highest BCUT2D eigenvalue weighted by Gasteiger charge is 2.27. The molecule has 31 heavy (non-hydrogen) atoms. The molecule has 0 radical (unpaired) electrons. The lowest BCUT2D eigenvalue weighted by Crippen LogP contribution is -2.11. The Hall–Kier alpha value is -2.19. The van der Waals surface area contributed by atoms with Crippen LogP contribution in [0.25, 0.3) is 0 Å². The van der Waals surface area contributed by atoms with Crippen LogP contribution in [0.3, 0.4) is 0 Å². The van der Waals surface area contributed by atoms with Gasteiger partial charge < -0.3 is 14.8 Å². The fourth-order valence-corrected chi connectivity index (χ4v) is 6.75. The molecule has 166 valence electrons. The highest BCUT2D eigenvalue weighted by atomic mass is 32.1. The standard InChI is InChI=1S/C23H28N2O4S2/c1-3-28-22(26)18-14-9-5-7-11-16(14)30-20(18)24-13-25-21-19(23(27)29-4-2)15-10-6-8-12-17(15)31-21/h13H,3-12H2,1-2H3,(H,24,25). The van der Waals surface area contributed by atoms with Gasteiger partial charge >= 0.3 is 11.9 Å². The van der Waals surface area contributed by atoms with Crippen LogP contribution >= 0.6 is 22.7 Å². The van der Waals surface area contributed by atoms with Crippen LogP contribution in [0.1, 0.15) is 81.1 Å². The Bertz CT molecular complexity index is 1010. The van der Waals surface area contributed by atoms with Gasteiger partial charge in [0.2, 0.25) is 0 Å². The van der Waals surface area contributed by atoms with Crippen LogP contribution < -0.4 is 5.32 Å². The van der Waals surface area contributed by atoms with Crippen molar-refractivity contribution in [3.63, 3.8) is 0 Å². The van der Waals surface area contributed by atoms with Crippen LogP contribution in [-0.4, -0.2) is 31.5 Å². The predicted octanol–water partition coefficient (Wildman–Crippen LogP) is 5.69. The monoisotopic (exact) mass is 460 g/mol. The second-order valence-electron chi connectivity index (χ2n) is 7.65. The number of ether oxygens (including phenoxy) is 2. The zero-order valence-corrected chi connectivity index (χ0v) is 19.7. The van der Waals surface area contributed by atoms with Gasteiger partial charge in [-0.2, -0.15) is 0 Å². The first-order valence-electron chi connectivity index (χ1n) is 11.1. The minimum absolute atomic E-state index is 0.281. The normalized spacial score (nSPS) is 15.4. The van der Waals surface area contributed by atoms with Crippen molar-refractivity contribution in [3.05, 3.63) is 32.0 Å². The third kappa shape index (κ3) is 4.55. The molecule has 0 spiro atoms. The maximum absolute atomic E-state index is 12.6. The number of carbonyl (C=O) groups excluding carboxylic acids is 2. The summed E-state index contributed by atoms with van der Waals surface area (Å²) in [4.78, 5) is 32.3. The van der Waals surface area contributed by atoms with Gasteiger partial charge in [-0.25, -0.2) is 14.6 Å². The van der Waals surface area contributed by atoms with Crippen molar-refractivity contribution in [2.75, 3.05) is 18.5 Å². The number of hydrogen-bond acceptors (Lipinski definition) is 7. The first-order valence-corrected chi connectivity index (χ1v) is 12.7. The Kier molecular flexibility index (Phi) is 7.07. The molecule has 2 heterocycles. The van der Waals surface area contributed by atoms with Crippen molar-refractivity contribution in [2.24, 2.45) is 4.99 Å². The van der Waals surface area contributed by atoms with E-state index in [4.69, 9.17) is 9.47 Å². The number of fused-ring (bicyclic) bond motifs is 2. The molecule has 0 aliphatic heterocycles. The topological polar surface area (TPSA) is 77.0 Å². The molecule has 0 aromatic carbocycles. The SMILES string of the molecule is CCOC(=O)c1c(/N=C/Nc2sc3c(c2C(=O)OCC)CCCC3)sc2c1CCCC2. The van der Waals surface area contributed by atoms with Crippen molar-refractivity contribution in [1.29, 1.82) is 0 Å². The largest absolute Gasteiger partial charge is 0.462 e. The molecular weight excluding hydrogens is 432 g/mol. The van der Waals surface area contributed by atoms with E-state index in [2.05, 4.69) is 10.3 Å². The minimum atomic E-state index is -0.298. The van der Waals surface area contributed by atoms with Crippen molar-refractivity contribution in [1.82, 2.24) is 0 Å². The van der Waals surface area contributed by atoms with Gasteiger partial charge in [-0.15, -0.1) is 22.7 Å². The first kappa shape index (κ1) is 22.0. The van der Waals surface area contributed by atoms with Crippen molar-refractivity contribution in [3.8, 4) is 0 Å². The molecule has 0 bridgehead atoms. The molecule has 0 atom stereocenters. The fraction of sp³-hybridized carbons (Fsp3) is 0.522. The van der Waals surface area contributed by atoms with Gasteiger partial charge in [0.05, 0.1) is 30.7 Å². The van der Waals surface area contributed by atoms with Gasteiger partial charge in [0.25, 0.3) is 0 Å². The number of nitrogens with zero attached hydrogens (tertiary/aromatic N) is 1. The number of rotatable bonds is 7. The number of thiophene rings is 2. The van der Waals surface area contributed by atoms with Gasteiger partial charge in [-0.1, -0.05) is 0 Å². The van der Waals surface area contributed by atoms with Crippen LogP contribution in [-0.2, 0) is 35.2 Å². The van der Waals surface area contributed by atoms with Crippen molar-refractivity contribution < 1.29 is 19.1 Å². The molecule has 2 aromatic heterocycles. The molecule has 4 rings (SSSR count). The number of hydrogen-bond donors (Lipinski definition) is 1. The number of aryl methyl sites for hydroxylation is 2. The molecular formula is C23H28N2O4S2. The van der Waals surface area contributed by atoms with Crippen LogP contribution in [0.4, 0.5) is 10.0 Å². The third-order valence-corrected chi connectivity index (χ3v) is 8.08. The summed E-state index contributed by atoms with van der Waals surface area (Å²) in [6.45, 7) is 4.33. The van der Waals surface area contributed by atoms with Crippen LogP contribution in [0, 0.1) is 0 Å². The first-order chi connectivity index (χ1) is 15.1. The van der Waals surface area contributed by atoms with Crippen LogP contribution in [0.2, 0.25) is 0 Å². The summed E-state index contributed by atoms with van der Waals surface area (Å²) in [5.41, 5.74) is 3.46. The molecule has 0 amide bonds. The molecule has 0 saturated heterocycles. The van der Waals surface area contributed by atoms with Gasteiger partial charge in [0.15, 0.2) is 0 Å². The summed E-state index contributed by atoms with van der Waals surface area (Å²) in [7, 11) is 0. The Labute approximate surface area is 190 Å². The molecule has 6 nitrogen and oxygen atoms in total. The Morgan fingerprint density at radius 3 is 2.06 bits per heavy atom. The van der Waals surface area contributed by atoms with E-state index in [-0.39, 0.29) is 11.9 Å². The molecule has 0 saturated carbocycles. The second-order valence-corrected chi connectivity index (χ2v) is 9.84. The van der Waals surface area contributed by atoms with E-state index in [1.54, 1.807) is 29.0 Å². The van der Waals surface area contributed by atoms with E-state index in [0.29, 0.717) is 29.3 Å². The van der Waals surface area contributed by atoms with Crippen LogP contribution in [0.5, 0.6) is 0 Å². The van der Waals surface area contributed by atoms with Gasteiger partial charge in [-0.3, -0.25) is 0 Å². The number of anilines is 1. The molecule has 0 unspecified atom stereocenters. The zero-order valence-electron chi connectivity index (χ0n) is 18.0. The second kappa shape index (κ2) is 9.96. The zero-order chi connectivity index (χ0) is 21.8. The molecule has 2 aromatic rings. The van der Waals surface area contributed by atoms with E-state index < -0.39 is 0 Å². The number of esters is 2. The summed E-state index contributed by atoms with van der Waals surface area (Å²) in [6.07, 6.45) is 9.84. The fourth-order valence-electron chi connectivity index (χ4n) is 4.29. The highest BCUT2D eigenvalue weighted by Crippen LogP contribution is 2.41. The Morgan fingerprint density at radius 1 is 0.871 bits per heavy atom. The number of nitrogens with one attached hydrogen (secondary N) is 1. The third-order valence-electron chi connectivity index (χ3n) is 5.66. The van der Waals surface area contributed by atoms with Gasteiger partial charge in [0, 0.05) is 9.75 Å². The highest BCUT2D eigenvalue weighted by molar-refractivity contribution is 7.17. The summed E-state index contributed by atoms with van der Waals surface area (Å²) in [5, 5.41) is 4.67. The number of carbonyl (C=O) groups is 2. The summed E-state index contributed by atoms with van der Waals surface area (Å²) in [5.74, 6) is -0.579. The van der Waals surface area contributed by atoms with Crippen molar-refractivity contribution >= 4 is 51.0 Å². The smallest absolute Gasteiger partial charge is 0.341 e.